The lowest BCUT2D eigenvalue weighted by molar-refractivity contribution is -0.116. The van der Waals surface area contributed by atoms with E-state index in [-0.39, 0.29) is 32.1 Å². The zero-order valence-electron chi connectivity index (χ0n) is 14.2. The van der Waals surface area contributed by atoms with Gasteiger partial charge in [-0.3, -0.25) is 4.79 Å². The number of aryl methyl sites for hydroxylation is 1. The molecule has 0 radical (unpaired) electrons. The molecular weight excluding hydrogens is 342 g/mol. The normalized spacial score (nSPS) is 19.5. The molecule has 9 heteroatoms. The molecule has 1 saturated heterocycles. The van der Waals surface area contributed by atoms with Crippen molar-refractivity contribution in [3.05, 3.63) is 23.8 Å². The average molecular weight is 363 g/mol. The van der Waals surface area contributed by atoms with Crippen LogP contribution in [0.15, 0.2) is 18.2 Å². The monoisotopic (exact) mass is 363 g/mol. The first-order valence-corrected chi connectivity index (χ1v) is 8.47. The van der Waals surface area contributed by atoms with Crippen LogP contribution in [-0.4, -0.2) is 70.4 Å². The Balaban J connectivity index is 1.59. The highest BCUT2D eigenvalue weighted by Crippen LogP contribution is 2.27. The van der Waals surface area contributed by atoms with Crippen LogP contribution in [0.4, 0.5) is 15.3 Å². The summed E-state index contributed by atoms with van der Waals surface area (Å²) in [6.07, 6.45) is -0.565. The van der Waals surface area contributed by atoms with Gasteiger partial charge in [0.1, 0.15) is 5.75 Å². The summed E-state index contributed by atoms with van der Waals surface area (Å²) in [5.41, 5.74) is 1.79. The lowest BCUT2D eigenvalue weighted by Crippen LogP contribution is -2.56. The van der Waals surface area contributed by atoms with Crippen LogP contribution >= 0.6 is 0 Å². The van der Waals surface area contributed by atoms with E-state index in [1.54, 1.807) is 6.07 Å². The van der Waals surface area contributed by atoms with E-state index in [0.717, 1.165) is 11.3 Å². The summed E-state index contributed by atoms with van der Waals surface area (Å²) in [4.78, 5) is 36.4. The summed E-state index contributed by atoms with van der Waals surface area (Å²) in [7, 11) is 0. The number of anilines is 1. The van der Waals surface area contributed by atoms with E-state index in [1.807, 2.05) is 12.1 Å². The minimum absolute atomic E-state index is 0.0253. The number of benzene rings is 1. The van der Waals surface area contributed by atoms with Crippen molar-refractivity contribution in [3.8, 4) is 5.75 Å². The molecule has 0 saturated carbocycles. The summed E-state index contributed by atoms with van der Waals surface area (Å²) >= 11 is 0. The topological polar surface area (TPSA) is 119 Å². The molecule has 0 aliphatic carbocycles. The number of carboxylic acid groups (broad SMARTS) is 2. The first-order chi connectivity index (χ1) is 12.4. The van der Waals surface area contributed by atoms with Gasteiger partial charge in [-0.1, -0.05) is 6.07 Å². The third-order valence-corrected chi connectivity index (χ3v) is 4.70. The number of carbonyl (C=O) groups excluding carboxylic acids is 1. The van der Waals surface area contributed by atoms with Crippen LogP contribution in [0.25, 0.3) is 0 Å². The highest BCUT2D eigenvalue weighted by atomic mass is 16.5. The fraction of sp³-hybridized carbons (Fsp3) is 0.471. The summed E-state index contributed by atoms with van der Waals surface area (Å²) in [6.45, 7) is 0.695. The van der Waals surface area contributed by atoms with Gasteiger partial charge in [0.25, 0.3) is 0 Å². The Kier molecular flexibility index (Phi) is 5.15. The molecule has 26 heavy (non-hydrogen) atoms. The molecule has 0 unspecified atom stereocenters. The van der Waals surface area contributed by atoms with Crippen LogP contribution < -0.4 is 10.1 Å². The molecule has 1 atom stereocenters. The zero-order valence-corrected chi connectivity index (χ0v) is 14.2. The molecule has 0 spiro atoms. The molecule has 0 aromatic heterocycles. The van der Waals surface area contributed by atoms with Gasteiger partial charge in [0, 0.05) is 44.2 Å². The van der Waals surface area contributed by atoms with E-state index in [0.29, 0.717) is 25.0 Å². The summed E-state index contributed by atoms with van der Waals surface area (Å²) in [6, 6.07) is 5.02. The van der Waals surface area contributed by atoms with E-state index in [9.17, 15) is 19.5 Å². The van der Waals surface area contributed by atoms with E-state index < -0.39 is 18.2 Å². The molecule has 3 rings (SSSR count). The van der Waals surface area contributed by atoms with Gasteiger partial charge in [-0.2, -0.15) is 0 Å². The minimum Gasteiger partial charge on any atom is -0.493 e. The maximum Gasteiger partial charge on any atom is 0.407 e. The van der Waals surface area contributed by atoms with Gasteiger partial charge < -0.3 is 30.1 Å². The van der Waals surface area contributed by atoms with Crippen molar-refractivity contribution in [2.75, 3.05) is 31.6 Å². The number of nitrogens with one attached hydrogen (secondary N) is 1. The summed E-state index contributed by atoms with van der Waals surface area (Å²) in [5, 5.41) is 21.2. The Morgan fingerprint density at radius 2 is 2.00 bits per heavy atom. The molecule has 3 N–H and O–H groups in total. The fourth-order valence-electron chi connectivity index (χ4n) is 3.28. The third kappa shape index (κ3) is 3.98. The number of carbonyl (C=O) groups is 3. The Bertz CT molecular complexity index is 722. The number of nitrogens with zero attached hydrogens (tertiary/aromatic N) is 2. The van der Waals surface area contributed by atoms with E-state index in [1.165, 1.54) is 9.80 Å². The first kappa shape index (κ1) is 17.8. The molecule has 2 aliphatic heterocycles. The average Bonchev–Trinajstić information content (AvgIpc) is 2.61. The predicted octanol–water partition coefficient (Wildman–Crippen LogP) is 1.68. The highest BCUT2D eigenvalue weighted by molar-refractivity contribution is 5.94. The maximum atomic E-state index is 11.5. The Morgan fingerprint density at radius 1 is 1.19 bits per heavy atom. The smallest absolute Gasteiger partial charge is 0.407 e. The van der Waals surface area contributed by atoms with Crippen LogP contribution in [0.2, 0.25) is 0 Å². The van der Waals surface area contributed by atoms with Crippen LogP contribution in [0.3, 0.4) is 0 Å². The molecule has 140 valence electrons. The van der Waals surface area contributed by atoms with Crippen molar-refractivity contribution in [1.29, 1.82) is 0 Å². The van der Waals surface area contributed by atoms with Crippen molar-refractivity contribution in [2.24, 2.45) is 0 Å². The molecule has 1 aromatic carbocycles. The lowest BCUT2D eigenvalue weighted by Gasteiger charge is -2.38. The third-order valence-electron chi connectivity index (χ3n) is 4.70. The first-order valence-electron chi connectivity index (χ1n) is 8.47. The van der Waals surface area contributed by atoms with Crippen molar-refractivity contribution in [1.82, 2.24) is 9.80 Å². The lowest BCUT2D eigenvalue weighted by atomic mass is 10.0. The molecule has 1 fully saturated rings. The van der Waals surface area contributed by atoms with Crippen molar-refractivity contribution in [3.63, 3.8) is 0 Å². The molecule has 9 nitrogen and oxygen atoms in total. The standard InChI is InChI=1S/C17H21N3O6/c21-15-4-2-11-1-3-13(9-14(11)18-15)26-8-5-12-10-19(16(22)23)6-7-20(12)17(24)25/h1,3,9,12H,2,4-8,10H2,(H,18,21)(H,22,23)(H,24,25)/t12-/m1/s1. The second kappa shape index (κ2) is 7.51. The van der Waals surface area contributed by atoms with E-state index >= 15 is 0 Å². The molecule has 1 aromatic rings. The fourth-order valence-corrected chi connectivity index (χ4v) is 3.28. The van der Waals surface area contributed by atoms with Gasteiger partial charge in [-0.05, 0) is 18.1 Å². The molecule has 3 amide bonds. The van der Waals surface area contributed by atoms with Crippen LogP contribution in [0, 0.1) is 0 Å². The molecular formula is C17H21N3O6. The van der Waals surface area contributed by atoms with E-state index in [4.69, 9.17) is 9.84 Å². The number of piperazine rings is 1. The largest absolute Gasteiger partial charge is 0.493 e. The number of hydrogen-bond acceptors (Lipinski definition) is 4. The number of rotatable bonds is 4. The zero-order chi connectivity index (χ0) is 18.7. The van der Waals surface area contributed by atoms with Gasteiger partial charge in [-0.15, -0.1) is 0 Å². The number of amides is 3. The second-order valence-corrected chi connectivity index (χ2v) is 6.36. The minimum atomic E-state index is -1.06. The number of hydrogen-bond donors (Lipinski definition) is 3. The molecule has 2 heterocycles. The van der Waals surface area contributed by atoms with Gasteiger partial charge in [0.05, 0.1) is 12.6 Å². The quantitative estimate of drug-likeness (QED) is 0.749. The SMILES string of the molecule is O=C1CCc2ccc(OCC[C@@H]3CN(C(=O)O)CCN3C(=O)O)cc2N1. The Hall–Kier alpha value is -2.97. The van der Waals surface area contributed by atoms with E-state index in [2.05, 4.69) is 5.32 Å². The second-order valence-electron chi connectivity index (χ2n) is 6.36. The van der Waals surface area contributed by atoms with Crippen LogP contribution in [-0.2, 0) is 11.2 Å². The Morgan fingerprint density at radius 3 is 2.73 bits per heavy atom. The van der Waals surface area contributed by atoms with Gasteiger partial charge in [0.2, 0.25) is 5.91 Å². The predicted molar refractivity (Wildman–Crippen MR) is 91.6 cm³/mol. The van der Waals surface area contributed by atoms with Crippen molar-refractivity contribution in [2.45, 2.75) is 25.3 Å². The summed E-state index contributed by atoms with van der Waals surface area (Å²) < 4.78 is 5.70. The Labute approximate surface area is 150 Å². The molecule has 0 bridgehead atoms. The maximum absolute atomic E-state index is 11.5. The van der Waals surface area contributed by atoms with Gasteiger partial charge in [0.15, 0.2) is 0 Å². The summed E-state index contributed by atoms with van der Waals surface area (Å²) in [5.74, 6) is 0.557. The van der Waals surface area contributed by atoms with Gasteiger partial charge in [-0.25, -0.2) is 9.59 Å². The van der Waals surface area contributed by atoms with Crippen molar-refractivity contribution >= 4 is 23.8 Å². The van der Waals surface area contributed by atoms with Crippen molar-refractivity contribution < 1.29 is 29.3 Å². The van der Waals surface area contributed by atoms with Crippen LogP contribution in [0.5, 0.6) is 5.75 Å². The number of fused-ring (bicyclic) bond motifs is 1. The van der Waals surface area contributed by atoms with Crippen LogP contribution in [0.1, 0.15) is 18.4 Å². The molecule has 2 aliphatic rings. The highest BCUT2D eigenvalue weighted by Gasteiger charge is 2.32. The number of ether oxygens (including phenoxy) is 1. The van der Waals surface area contributed by atoms with Gasteiger partial charge >= 0.3 is 12.2 Å².